The quantitative estimate of drug-likeness (QED) is 0.0623. The number of anilines is 1. The molecule has 1 atom stereocenters. The van der Waals surface area contributed by atoms with Crippen molar-refractivity contribution in [2.45, 2.75) is 61.8 Å². The van der Waals surface area contributed by atoms with Crippen LogP contribution >= 0.6 is 11.6 Å². The number of hydrogen-bond donors (Lipinski definition) is 2. The predicted molar refractivity (Wildman–Crippen MR) is 274 cm³/mol. The summed E-state index contributed by atoms with van der Waals surface area (Å²) in [5.41, 5.74) is -0.746. The van der Waals surface area contributed by atoms with E-state index in [1.54, 1.807) is 37.4 Å². The number of carbonyl (C=O) groups is 1. The van der Waals surface area contributed by atoms with Crippen LogP contribution in [0.1, 0.15) is 61.5 Å². The van der Waals surface area contributed by atoms with E-state index in [9.17, 15) is 34.8 Å². The summed E-state index contributed by atoms with van der Waals surface area (Å²) >= 11 is 6.24. The molecule has 5 aromatic rings. The number of sulfone groups is 1. The lowest BCUT2D eigenvalue weighted by Gasteiger charge is -2.39. The number of aromatic amines is 1. The molecule has 378 valence electrons. The molecule has 71 heavy (non-hydrogen) atoms. The number of sulfonamides is 1. The standard InChI is InChI=1S/C50H56ClF3N8O6S3/c1-34(32-61-22-24-69(5,25-23-61)59-55-4)26-36-8-12-42(29-46(36)70(64,65)50(52,53)54)71(66,67)58-48(63)43-13-11-40(28-45(43)68-41-27-37-15-17-56-47(37)57-31-41)62-20-18-60(19-21-62)33-38-14-16-49(2,3)30-44(38)35-6-9-39(51)10-7-35/h6-13,15,17,27-29,31,34H,5,14,16,18-26,30,32-33H2,1-3H3,(H,56,57)(H,58,63)/t34-/m1/s1. The summed E-state index contributed by atoms with van der Waals surface area (Å²) in [6, 6.07) is 18.7. The first-order chi connectivity index (χ1) is 33.5. The molecule has 0 unspecified atom stereocenters. The number of rotatable bonds is 14. The van der Waals surface area contributed by atoms with E-state index in [1.807, 2.05) is 16.9 Å². The summed E-state index contributed by atoms with van der Waals surface area (Å²) in [6.45, 7) is 18.5. The number of nitrogens with zero attached hydrogens (tertiary/aromatic N) is 6. The van der Waals surface area contributed by atoms with Crippen LogP contribution in [0.5, 0.6) is 11.5 Å². The Balaban J connectivity index is 1.02. The van der Waals surface area contributed by atoms with Crippen LogP contribution < -0.4 is 14.4 Å². The molecule has 0 bridgehead atoms. The van der Waals surface area contributed by atoms with Crippen LogP contribution in [-0.4, -0.2) is 118 Å². The van der Waals surface area contributed by atoms with Crippen molar-refractivity contribution in [3.8, 4) is 11.5 Å². The number of pyridine rings is 1. The van der Waals surface area contributed by atoms with Crippen LogP contribution in [0.3, 0.4) is 0 Å². The summed E-state index contributed by atoms with van der Waals surface area (Å²) in [5, 5.41) is 1.41. The Morgan fingerprint density at radius 2 is 1.72 bits per heavy atom. The maximum absolute atomic E-state index is 14.2. The number of H-pyrrole nitrogens is 1. The highest BCUT2D eigenvalue weighted by atomic mass is 35.5. The molecule has 2 fully saturated rings. The van der Waals surface area contributed by atoms with Gasteiger partial charge in [-0.2, -0.15) is 19.7 Å². The number of amides is 1. The number of carbonyl (C=O) groups excluding carboxylic acids is 1. The van der Waals surface area contributed by atoms with Crippen LogP contribution in [0.4, 0.5) is 18.9 Å². The first-order valence-corrected chi connectivity index (χ1v) is 28.6. The summed E-state index contributed by atoms with van der Waals surface area (Å²) in [5.74, 6) is 3.98. The van der Waals surface area contributed by atoms with Gasteiger partial charge < -0.3 is 19.5 Å². The molecule has 3 aliphatic rings. The monoisotopic (exact) mass is 1050 g/mol. The number of fused-ring (bicyclic) bond motifs is 1. The highest BCUT2D eigenvalue weighted by Crippen LogP contribution is 2.44. The lowest BCUT2D eigenvalue weighted by atomic mass is 9.72. The number of allylic oxidation sites excluding steroid dienone is 1. The largest absolute Gasteiger partial charge is 0.501 e. The van der Waals surface area contributed by atoms with E-state index in [2.05, 4.69) is 65.9 Å². The fourth-order valence-corrected chi connectivity index (χ4v) is 13.5. The van der Waals surface area contributed by atoms with Gasteiger partial charge in [0.25, 0.3) is 25.8 Å². The fraction of sp³-hybridized carbons (Fsp3) is 0.400. The van der Waals surface area contributed by atoms with Crippen LogP contribution in [0.2, 0.25) is 5.02 Å². The normalized spacial score (nSPS) is 18.5. The average Bonchev–Trinajstić information content (AvgIpc) is 3.79. The van der Waals surface area contributed by atoms with E-state index in [0.29, 0.717) is 72.0 Å². The van der Waals surface area contributed by atoms with E-state index < -0.39 is 50.5 Å². The molecule has 4 heterocycles. The van der Waals surface area contributed by atoms with E-state index in [0.717, 1.165) is 51.0 Å². The third-order valence-corrected chi connectivity index (χ3v) is 18.9. The Kier molecular flexibility index (Phi) is 15.1. The van der Waals surface area contributed by atoms with Crippen molar-refractivity contribution < 1.29 is 39.5 Å². The lowest BCUT2D eigenvalue weighted by Crippen LogP contribution is -2.47. The van der Waals surface area contributed by atoms with Crippen molar-refractivity contribution >= 4 is 74.9 Å². The zero-order chi connectivity index (χ0) is 50.9. The molecular formula is C50H56ClF3N8O6S3. The average molecular weight is 1050 g/mol. The highest BCUT2D eigenvalue weighted by molar-refractivity contribution is 8.02. The van der Waals surface area contributed by atoms with Gasteiger partial charge in [-0.05, 0) is 102 Å². The Morgan fingerprint density at radius 1 is 1.00 bits per heavy atom. The van der Waals surface area contributed by atoms with Crippen molar-refractivity contribution in [3.63, 3.8) is 0 Å². The Bertz CT molecular complexity index is 3250. The number of benzene rings is 3. The second-order valence-corrected chi connectivity index (χ2v) is 26.4. The number of halogens is 4. The fourth-order valence-electron chi connectivity index (χ4n) is 9.51. The number of aromatic nitrogens is 2. The molecule has 2 N–H and O–H groups in total. The van der Waals surface area contributed by atoms with E-state index in [4.69, 9.17) is 22.9 Å². The Hall–Kier alpha value is -5.43. The number of ether oxygens (including phenoxy) is 1. The molecule has 1 amide bonds. The minimum absolute atomic E-state index is 0.0154. The van der Waals surface area contributed by atoms with Crippen molar-refractivity contribution in [2.24, 2.45) is 15.8 Å². The van der Waals surface area contributed by atoms with Crippen molar-refractivity contribution in [1.82, 2.24) is 24.5 Å². The van der Waals surface area contributed by atoms with E-state index in [-0.39, 0.29) is 40.4 Å². The molecule has 3 aromatic carbocycles. The zero-order valence-electron chi connectivity index (χ0n) is 39.6. The molecular weight excluding hydrogens is 997 g/mol. The number of hydrogen-bond acceptors (Lipinski definition) is 11. The van der Waals surface area contributed by atoms with Gasteiger partial charge in [0.1, 0.15) is 21.6 Å². The van der Waals surface area contributed by atoms with Gasteiger partial charge in [0.2, 0.25) is 0 Å². The number of nitrogens with one attached hydrogen (secondary N) is 2. The smallest absolute Gasteiger partial charge is 0.455 e. The Morgan fingerprint density at radius 3 is 2.41 bits per heavy atom. The topological polar surface area (TPSA) is 162 Å². The molecule has 21 heteroatoms. The van der Waals surface area contributed by atoms with Gasteiger partial charge in [0.15, 0.2) is 0 Å². The second kappa shape index (κ2) is 20.6. The van der Waals surface area contributed by atoms with Crippen LogP contribution in [0, 0.1) is 17.9 Å². The molecule has 2 saturated heterocycles. The Labute approximate surface area is 418 Å². The summed E-state index contributed by atoms with van der Waals surface area (Å²) in [7, 11) is -12.7. The van der Waals surface area contributed by atoms with Gasteiger partial charge in [-0.3, -0.25) is 9.69 Å². The SMILES string of the molecule is [C-]#[N+]N=S1(=C)CCN(C[C@H](C)Cc2ccc(S(=O)(=O)NC(=O)c3ccc(N4CCN(CC5=C(c6ccc(Cl)cc6)CC(C)(C)CC5)CC4)cc3Oc3cnc4[nH]ccc4c3)cc2S(=O)(=O)C(F)(F)F)CC1. The third kappa shape index (κ3) is 12.1. The maximum Gasteiger partial charge on any atom is 0.501 e. The van der Waals surface area contributed by atoms with Gasteiger partial charge in [0.05, 0.1) is 21.6 Å². The summed E-state index contributed by atoms with van der Waals surface area (Å²) < 4.78 is 109. The minimum Gasteiger partial charge on any atom is -0.455 e. The van der Waals surface area contributed by atoms with E-state index in [1.165, 1.54) is 29.0 Å². The molecule has 1 aliphatic carbocycles. The first-order valence-electron chi connectivity index (χ1n) is 23.1. The maximum atomic E-state index is 14.2. The van der Waals surface area contributed by atoms with Gasteiger partial charge in [-0.25, -0.2) is 26.5 Å². The van der Waals surface area contributed by atoms with Gasteiger partial charge in [0, 0.05) is 92.2 Å². The number of alkyl halides is 3. The minimum atomic E-state index is -6.05. The zero-order valence-corrected chi connectivity index (χ0v) is 42.8. The summed E-state index contributed by atoms with van der Waals surface area (Å²) in [6.07, 6.45) is 6.07. The third-order valence-electron chi connectivity index (χ3n) is 13.4. The molecule has 0 spiro atoms. The van der Waals surface area contributed by atoms with Gasteiger partial charge in [-0.1, -0.05) is 71.4 Å². The molecule has 2 aliphatic heterocycles. The number of piperazine rings is 1. The molecule has 2 aromatic heterocycles. The van der Waals surface area contributed by atoms with Crippen molar-refractivity contribution in [1.29, 1.82) is 0 Å². The molecule has 14 nitrogen and oxygen atoms in total. The van der Waals surface area contributed by atoms with Crippen LogP contribution in [-0.2, 0) is 35.7 Å². The summed E-state index contributed by atoms with van der Waals surface area (Å²) in [4.78, 5) is 29.2. The van der Waals surface area contributed by atoms with Crippen molar-refractivity contribution in [2.75, 3.05) is 68.8 Å². The van der Waals surface area contributed by atoms with Crippen molar-refractivity contribution in [3.05, 3.63) is 124 Å². The van der Waals surface area contributed by atoms with Crippen LogP contribution in [0.15, 0.2) is 105 Å². The van der Waals surface area contributed by atoms with Gasteiger partial charge >= 0.3 is 5.51 Å². The van der Waals surface area contributed by atoms with E-state index >= 15 is 0 Å². The molecule has 8 rings (SSSR count). The predicted octanol–water partition coefficient (Wildman–Crippen LogP) is 9.30. The first kappa shape index (κ1) is 51.9. The molecule has 0 saturated carbocycles. The highest BCUT2D eigenvalue weighted by Gasteiger charge is 2.48. The molecule has 0 radical (unpaired) electrons. The van der Waals surface area contributed by atoms with Crippen LogP contribution in [0.25, 0.3) is 21.6 Å². The second-order valence-electron chi connectivity index (χ2n) is 19.4. The van der Waals surface area contributed by atoms with Gasteiger partial charge in [-0.15, -0.1) is 4.95 Å². The lowest BCUT2D eigenvalue weighted by molar-refractivity contribution is -0.0436.